The molecule has 1 aliphatic heterocycles. The van der Waals surface area contributed by atoms with Crippen molar-refractivity contribution in [3.05, 3.63) is 42.1 Å². The number of pyridine rings is 1. The fourth-order valence-electron chi connectivity index (χ4n) is 2.84. The summed E-state index contributed by atoms with van der Waals surface area (Å²) in [5.74, 6) is 0. The number of aromatic nitrogens is 1. The van der Waals surface area contributed by atoms with Gasteiger partial charge in [-0.15, -0.1) is 0 Å². The summed E-state index contributed by atoms with van der Waals surface area (Å²) in [4.78, 5) is 16.6. The lowest BCUT2D eigenvalue weighted by Crippen LogP contribution is -2.42. The molecule has 5 heteroatoms. The molecule has 0 bridgehead atoms. The van der Waals surface area contributed by atoms with Crippen LogP contribution >= 0.6 is 0 Å². The van der Waals surface area contributed by atoms with Gasteiger partial charge in [0.1, 0.15) is 0 Å². The quantitative estimate of drug-likeness (QED) is 0.912. The maximum Gasteiger partial charge on any atom is 0.315 e. The Morgan fingerprint density at radius 3 is 3.04 bits per heavy atom. The first-order valence-electron chi connectivity index (χ1n) is 8.28. The SMILES string of the molecule is O=C(NCCc1ccc2ccccc2n1)NC1CCCOCC1. The number of urea groups is 1. The van der Waals surface area contributed by atoms with Crippen LogP contribution in [0.15, 0.2) is 36.4 Å². The van der Waals surface area contributed by atoms with Crippen molar-refractivity contribution in [1.82, 2.24) is 15.6 Å². The highest BCUT2D eigenvalue weighted by atomic mass is 16.5. The maximum atomic E-state index is 11.9. The molecule has 1 saturated heterocycles. The van der Waals surface area contributed by atoms with E-state index >= 15 is 0 Å². The molecule has 23 heavy (non-hydrogen) atoms. The standard InChI is InChI=1S/C18H23N3O2/c22-18(21-15-5-3-12-23-13-10-15)19-11-9-16-8-7-14-4-1-2-6-17(14)20-16/h1-2,4,6-8,15H,3,5,9-13H2,(H2,19,21,22). The topological polar surface area (TPSA) is 63.2 Å². The van der Waals surface area contributed by atoms with Crippen LogP contribution < -0.4 is 10.6 Å². The van der Waals surface area contributed by atoms with Crippen molar-refractivity contribution < 1.29 is 9.53 Å². The Bertz CT molecular complexity index is 652. The lowest BCUT2D eigenvalue weighted by atomic mass is 10.1. The number of carbonyl (C=O) groups is 1. The molecule has 5 nitrogen and oxygen atoms in total. The number of rotatable bonds is 4. The molecule has 0 saturated carbocycles. The second kappa shape index (κ2) is 7.92. The van der Waals surface area contributed by atoms with Gasteiger partial charge in [-0.2, -0.15) is 0 Å². The zero-order valence-corrected chi connectivity index (χ0v) is 13.3. The summed E-state index contributed by atoms with van der Waals surface area (Å²) in [6.45, 7) is 2.11. The highest BCUT2D eigenvalue weighted by Crippen LogP contribution is 2.12. The van der Waals surface area contributed by atoms with Crippen LogP contribution in [0.25, 0.3) is 10.9 Å². The third-order valence-electron chi connectivity index (χ3n) is 4.11. The number of fused-ring (bicyclic) bond motifs is 1. The van der Waals surface area contributed by atoms with E-state index in [-0.39, 0.29) is 12.1 Å². The number of ether oxygens (including phenoxy) is 1. The molecule has 1 aromatic heterocycles. The molecule has 1 aliphatic rings. The molecule has 122 valence electrons. The summed E-state index contributed by atoms with van der Waals surface area (Å²) < 4.78 is 5.40. The van der Waals surface area contributed by atoms with Crippen molar-refractivity contribution in [3.63, 3.8) is 0 Å². The molecule has 2 amide bonds. The van der Waals surface area contributed by atoms with Crippen molar-refractivity contribution >= 4 is 16.9 Å². The molecular formula is C18H23N3O2. The Kier molecular flexibility index (Phi) is 5.42. The van der Waals surface area contributed by atoms with Crippen LogP contribution in [-0.4, -0.2) is 36.8 Å². The smallest absolute Gasteiger partial charge is 0.315 e. The molecule has 1 aromatic carbocycles. The van der Waals surface area contributed by atoms with Crippen LogP contribution in [0.3, 0.4) is 0 Å². The largest absolute Gasteiger partial charge is 0.381 e. The fraction of sp³-hybridized carbons (Fsp3) is 0.444. The summed E-state index contributed by atoms with van der Waals surface area (Å²) in [5, 5.41) is 7.08. The minimum absolute atomic E-state index is 0.0994. The molecule has 1 fully saturated rings. The van der Waals surface area contributed by atoms with Gasteiger partial charge in [-0.3, -0.25) is 4.98 Å². The van der Waals surface area contributed by atoms with Gasteiger partial charge in [0.25, 0.3) is 0 Å². The van der Waals surface area contributed by atoms with Gasteiger partial charge in [0.15, 0.2) is 0 Å². The van der Waals surface area contributed by atoms with Gasteiger partial charge >= 0.3 is 6.03 Å². The maximum absolute atomic E-state index is 11.9. The molecule has 1 unspecified atom stereocenters. The predicted octanol–water partition coefficient (Wildman–Crippen LogP) is 2.65. The normalized spacial score (nSPS) is 18.3. The molecule has 1 atom stereocenters. The first-order valence-corrected chi connectivity index (χ1v) is 8.28. The van der Waals surface area contributed by atoms with E-state index in [4.69, 9.17) is 4.74 Å². The summed E-state index contributed by atoms with van der Waals surface area (Å²) >= 11 is 0. The van der Waals surface area contributed by atoms with E-state index in [1.165, 1.54) is 0 Å². The minimum Gasteiger partial charge on any atom is -0.381 e. The van der Waals surface area contributed by atoms with Crippen LogP contribution in [-0.2, 0) is 11.2 Å². The predicted molar refractivity (Wildman–Crippen MR) is 90.4 cm³/mol. The van der Waals surface area contributed by atoms with Crippen LogP contribution in [0.1, 0.15) is 25.0 Å². The van der Waals surface area contributed by atoms with Crippen LogP contribution in [0.2, 0.25) is 0 Å². The van der Waals surface area contributed by atoms with Crippen LogP contribution in [0, 0.1) is 0 Å². The third kappa shape index (κ3) is 4.66. The second-order valence-corrected chi connectivity index (χ2v) is 5.89. The van der Waals surface area contributed by atoms with E-state index in [0.717, 1.165) is 55.5 Å². The van der Waals surface area contributed by atoms with Gasteiger partial charge in [0, 0.05) is 43.3 Å². The van der Waals surface area contributed by atoms with Crippen molar-refractivity contribution in [2.24, 2.45) is 0 Å². The number of nitrogens with zero attached hydrogens (tertiary/aromatic N) is 1. The zero-order chi connectivity index (χ0) is 15.9. The van der Waals surface area contributed by atoms with Gasteiger partial charge in [-0.25, -0.2) is 4.79 Å². The number of para-hydroxylation sites is 1. The number of benzene rings is 1. The monoisotopic (exact) mass is 313 g/mol. The molecule has 0 spiro atoms. The average molecular weight is 313 g/mol. The highest BCUT2D eigenvalue weighted by molar-refractivity contribution is 5.78. The van der Waals surface area contributed by atoms with Crippen molar-refractivity contribution in [2.45, 2.75) is 31.7 Å². The zero-order valence-electron chi connectivity index (χ0n) is 13.3. The highest BCUT2D eigenvalue weighted by Gasteiger charge is 2.14. The van der Waals surface area contributed by atoms with Gasteiger partial charge in [0.05, 0.1) is 5.52 Å². The Hall–Kier alpha value is -2.14. The van der Waals surface area contributed by atoms with Crippen LogP contribution in [0.4, 0.5) is 4.79 Å². The fourth-order valence-corrected chi connectivity index (χ4v) is 2.84. The van der Waals surface area contributed by atoms with Gasteiger partial charge in [0.2, 0.25) is 0 Å². The molecule has 2 aromatic rings. The summed E-state index contributed by atoms with van der Waals surface area (Å²) in [7, 11) is 0. The van der Waals surface area contributed by atoms with Gasteiger partial charge < -0.3 is 15.4 Å². The van der Waals surface area contributed by atoms with E-state index in [9.17, 15) is 4.79 Å². The number of hydrogen-bond acceptors (Lipinski definition) is 3. The summed E-state index contributed by atoms with van der Waals surface area (Å²) in [5.41, 5.74) is 1.99. The minimum atomic E-state index is -0.0994. The van der Waals surface area contributed by atoms with E-state index in [0.29, 0.717) is 6.54 Å². The van der Waals surface area contributed by atoms with Crippen molar-refractivity contribution in [1.29, 1.82) is 0 Å². The lowest BCUT2D eigenvalue weighted by molar-refractivity contribution is 0.143. The average Bonchev–Trinajstić information content (AvgIpc) is 2.83. The summed E-state index contributed by atoms with van der Waals surface area (Å²) in [6, 6.07) is 12.3. The molecular weight excluding hydrogens is 290 g/mol. The molecule has 3 rings (SSSR count). The molecule has 0 aliphatic carbocycles. The van der Waals surface area contributed by atoms with E-state index in [1.807, 2.05) is 30.3 Å². The lowest BCUT2D eigenvalue weighted by Gasteiger charge is -2.16. The van der Waals surface area contributed by atoms with Gasteiger partial charge in [-0.1, -0.05) is 24.3 Å². The van der Waals surface area contributed by atoms with Crippen molar-refractivity contribution in [3.8, 4) is 0 Å². The van der Waals surface area contributed by atoms with E-state index in [2.05, 4.69) is 21.7 Å². The number of amides is 2. The number of nitrogens with one attached hydrogen (secondary N) is 2. The Labute approximate surface area is 136 Å². The Balaban J connectivity index is 1.45. The molecule has 2 heterocycles. The second-order valence-electron chi connectivity index (χ2n) is 5.89. The first kappa shape index (κ1) is 15.7. The van der Waals surface area contributed by atoms with Crippen LogP contribution in [0.5, 0.6) is 0 Å². The molecule has 2 N–H and O–H groups in total. The Morgan fingerprint density at radius 2 is 2.09 bits per heavy atom. The first-order chi connectivity index (χ1) is 11.3. The Morgan fingerprint density at radius 1 is 1.17 bits per heavy atom. The number of hydrogen-bond donors (Lipinski definition) is 2. The van der Waals surface area contributed by atoms with Gasteiger partial charge in [-0.05, 0) is 31.4 Å². The number of carbonyl (C=O) groups excluding carboxylic acids is 1. The molecule has 0 radical (unpaired) electrons. The van der Waals surface area contributed by atoms with E-state index in [1.54, 1.807) is 0 Å². The summed E-state index contributed by atoms with van der Waals surface area (Å²) in [6.07, 6.45) is 3.61. The van der Waals surface area contributed by atoms with E-state index < -0.39 is 0 Å². The van der Waals surface area contributed by atoms with Crippen molar-refractivity contribution in [2.75, 3.05) is 19.8 Å². The third-order valence-corrected chi connectivity index (χ3v) is 4.11.